The van der Waals surface area contributed by atoms with Crippen molar-refractivity contribution in [1.82, 2.24) is 10.6 Å². The molecule has 0 aromatic rings. The van der Waals surface area contributed by atoms with Crippen LogP contribution in [0, 0.1) is 23.7 Å². The zero-order chi connectivity index (χ0) is 15.4. The van der Waals surface area contributed by atoms with Gasteiger partial charge in [0, 0.05) is 13.1 Å². The van der Waals surface area contributed by atoms with Crippen LogP contribution in [-0.2, 0) is 0 Å². The maximum Gasteiger partial charge on any atom is 0.100 e. The van der Waals surface area contributed by atoms with Gasteiger partial charge in [-0.25, -0.2) is 4.39 Å². The van der Waals surface area contributed by atoms with E-state index < -0.39 is 6.17 Å². The van der Waals surface area contributed by atoms with Crippen molar-refractivity contribution in [2.75, 3.05) is 13.1 Å². The third-order valence-electron chi connectivity index (χ3n) is 6.63. The van der Waals surface area contributed by atoms with E-state index in [9.17, 15) is 4.39 Å². The summed E-state index contributed by atoms with van der Waals surface area (Å²) in [5, 5.41) is 7.51. The first-order chi connectivity index (χ1) is 10.8. The van der Waals surface area contributed by atoms with Crippen molar-refractivity contribution in [1.29, 1.82) is 0 Å². The molecule has 128 valence electrons. The van der Waals surface area contributed by atoms with E-state index in [2.05, 4.69) is 17.6 Å². The Morgan fingerprint density at radius 1 is 0.773 bits per heavy atom. The van der Waals surface area contributed by atoms with Crippen LogP contribution in [0.4, 0.5) is 4.39 Å². The SMILES string of the molecule is CCCC1CCC(C2CNC(C3CCC(F)CC3)NC2)CC1. The van der Waals surface area contributed by atoms with Gasteiger partial charge in [0.25, 0.3) is 0 Å². The maximum absolute atomic E-state index is 13.3. The lowest BCUT2D eigenvalue weighted by Gasteiger charge is -2.42. The summed E-state index contributed by atoms with van der Waals surface area (Å²) in [6, 6.07) is 0. The number of alkyl halides is 1. The highest BCUT2D eigenvalue weighted by atomic mass is 19.1. The van der Waals surface area contributed by atoms with E-state index in [1.54, 1.807) is 0 Å². The second-order valence-electron chi connectivity index (χ2n) is 8.14. The Balaban J connectivity index is 1.39. The molecule has 0 amide bonds. The van der Waals surface area contributed by atoms with Crippen molar-refractivity contribution >= 4 is 0 Å². The molecule has 3 aliphatic rings. The van der Waals surface area contributed by atoms with E-state index in [-0.39, 0.29) is 0 Å². The minimum absolute atomic E-state index is 0.445. The van der Waals surface area contributed by atoms with Crippen LogP contribution >= 0.6 is 0 Å². The van der Waals surface area contributed by atoms with Crippen molar-refractivity contribution in [2.45, 2.75) is 83.5 Å². The topological polar surface area (TPSA) is 24.1 Å². The molecule has 0 radical (unpaired) electrons. The molecular formula is C19H35FN2. The van der Waals surface area contributed by atoms with Gasteiger partial charge in [-0.15, -0.1) is 0 Å². The Morgan fingerprint density at radius 3 is 1.95 bits per heavy atom. The van der Waals surface area contributed by atoms with E-state index in [1.807, 2.05) is 0 Å². The van der Waals surface area contributed by atoms with Gasteiger partial charge in [0.05, 0.1) is 6.17 Å². The highest BCUT2D eigenvalue weighted by Gasteiger charge is 2.34. The van der Waals surface area contributed by atoms with Gasteiger partial charge in [-0.3, -0.25) is 0 Å². The van der Waals surface area contributed by atoms with Crippen molar-refractivity contribution in [3.8, 4) is 0 Å². The molecule has 1 heterocycles. The maximum atomic E-state index is 13.3. The van der Waals surface area contributed by atoms with Gasteiger partial charge in [-0.2, -0.15) is 0 Å². The Morgan fingerprint density at radius 2 is 1.36 bits per heavy atom. The van der Waals surface area contributed by atoms with E-state index in [1.165, 1.54) is 51.6 Å². The summed E-state index contributed by atoms with van der Waals surface area (Å²) in [6.45, 7) is 4.67. The highest BCUT2D eigenvalue weighted by Crippen LogP contribution is 2.36. The third-order valence-corrected chi connectivity index (χ3v) is 6.63. The highest BCUT2D eigenvalue weighted by molar-refractivity contribution is 4.88. The fourth-order valence-electron chi connectivity index (χ4n) is 5.14. The molecule has 22 heavy (non-hydrogen) atoms. The van der Waals surface area contributed by atoms with E-state index in [0.717, 1.165) is 43.4 Å². The standard InChI is InChI=1S/C19H35FN2/c1-2-3-14-4-6-15(7-5-14)17-12-21-19(22-13-17)16-8-10-18(20)11-9-16/h14-19,21-22H,2-13H2,1H3. The summed E-state index contributed by atoms with van der Waals surface area (Å²) in [5.41, 5.74) is 0. The summed E-state index contributed by atoms with van der Waals surface area (Å²) >= 11 is 0. The van der Waals surface area contributed by atoms with Crippen LogP contribution in [0.1, 0.15) is 71.1 Å². The molecule has 3 fully saturated rings. The summed E-state index contributed by atoms with van der Waals surface area (Å²) in [5.74, 6) is 3.40. The molecule has 0 atom stereocenters. The molecule has 2 N–H and O–H groups in total. The van der Waals surface area contributed by atoms with Gasteiger partial charge in [-0.1, -0.05) is 32.6 Å². The van der Waals surface area contributed by atoms with Gasteiger partial charge in [-0.05, 0) is 62.2 Å². The number of hydrogen-bond donors (Lipinski definition) is 2. The second-order valence-corrected chi connectivity index (χ2v) is 8.14. The molecule has 0 aromatic heterocycles. The predicted molar refractivity (Wildman–Crippen MR) is 90.5 cm³/mol. The number of hydrogen-bond acceptors (Lipinski definition) is 2. The van der Waals surface area contributed by atoms with E-state index >= 15 is 0 Å². The van der Waals surface area contributed by atoms with Gasteiger partial charge in [0.2, 0.25) is 0 Å². The van der Waals surface area contributed by atoms with Gasteiger partial charge in [0.15, 0.2) is 0 Å². The van der Waals surface area contributed by atoms with Gasteiger partial charge >= 0.3 is 0 Å². The molecule has 2 saturated carbocycles. The molecule has 1 saturated heterocycles. The van der Waals surface area contributed by atoms with Crippen molar-refractivity contribution in [2.24, 2.45) is 23.7 Å². The molecule has 0 aromatic carbocycles. The molecular weight excluding hydrogens is 275 g/mol. The van der Waals surface area contributed by atoms with Crippen LogP contribution in [0.25, 0.3) is 0 Å². The first-order valence-corrected chi connectivity index (χ1v) is 9.87. The fourth-order valence-corrected chi connectivity index (χ4v) is 5.14. The van der Waals surface area contributed by atoms with Crippen molar-refractivity contribution in [3.63, 3.8) is 0 Å². The van der Waals surface area contributed by atoms with Gasteiger partial charge < -0.3 is 10.6 Å². The summed E-state index contributed by atoms with van der Waals surface area (Å²) < 4.78 is 13.3. The fraction of sp³-hybridized carbons (Fsp3) is 1.00. The minimum atomic E-state index is -0.536. The van der Waals surface area contributed by atoms with Crippen molar-refractivity contribution in [3.05, 3.63) is 0 Å². The van der Waals surface area contributed by atoms with Crippen LogP contribution in [-0.4, -0.2) is 25.4 Å². The summed E-state index contributed by atoms with van der Waals surface area (Å²) in [6.07, 6.45) is 12.1. The molecule has 3 heteroatoms. The second kappa shape index (κ2) is 8.10. The summed E-state index contributed by atoms with van der Waals surface area (Å²) in [7, 11) is 0. The Kier molecular flexibility index (Phi) is 6.15. The largest absolute Gasteiger partial charge is 0.301 e. The molecule has 0 spiro atoms. The van der Waals surface area contributed by atoms with E-state index in [4.69, 9.17) is 0 Å². The van der Waals surface area contributed by atoms with Crippen LogP contribution in [0.3, 0.4) is 0 Å². The number of nitrogens with one attached hydrogen (secondary N) is 2. The van der Waals surface area contributed by atoms with Crippen LogP contribution in [0.5, 0.6) is 0 Å². The molecule has 0 unspecified atom stereocenters. The van der Waals surface area contributed by atoms with E-state index in [0.29, 0.717) is 12.1 Å². The summed E-state index contributed by atoms with van der Waals surface area (Å²) in [4.78, 5) is 0. The Labute approximate surface area is 136 Å². The zero-order valence-electron chi connectivity index (χ0n) is 14.3. The van der Waals surface area contributed by atoms with Gasteiger partial charge in [0.1, 0.15) is 6.17 Å². The third kappa shape index (κ3) is 4.23. The predicted octanol–water partition coefficient (Wildman–Crippen LogP) is 4.26. The smallest absolute Gasteiger partial charge is 0.100 e. The molecule has 2 aliphatic carbocycles. The lowest BCUT2D eigenvalue weighted by atomic mass is 9.74. The minimum Gasteiger partial charge on any atom is -0.301 e. The zero-order valence-corrected chi connectivity index (χ0v) is 14.3. The van der Waals surface area contributed by atoms with Crippen molar-refractivity contribution < 1.29 is 4.39 Å². The lowest BCUT2D eigenvalue weighted by Crippen LogP contribution is -2.58. The average molecular weight is 311 g/mol. The average Bonchev–Trinajstić information content (AvgIpc) is 2.57. The van der Waals surface area contributed by atoms with Crippen LogP contribution < -0.4 is 10.6 Å². The lowest BCUT2D eigenvalue weighted by molar-refractivity contribution is 0.113. The molecule has 3 rings (SSSR count). The Hall–Kier alpha value is -0.150. The monoisotopic (exact) mass is 310 g/mol. The first kappa shape index (κ1) is 16.7. The quantitative estimate of drug-likeness (QED) is 0.811. The van der Waals surface area contributed by atoms with Crippen LogP contribution in [0.15, 0.2) is 0 Å². The van der Waals surface area contributed by atoms with Crippen LogP contribution in [0.2, 0.25) is 0 Å². The number of halogens is 1. The Bertz CT molecular complexity index is 311. The number of rotatable bonds is 4. The molecule has 1 aliphatic heterocycles. The molecule has 2 nitrogen and oxygen atoms in total. The first-order valence-electron chi connectivity index (χ1n) is 9.87. The normalized spacial score (nSPS) is 43.9. The molecule has 0 bridgehead atoms.